The number of ether oxygens (including phenoxy) is 2. The maximum Gasteiger partial charge on any atom is 0.251 e. The highest BCUT2D eigenvalue weighted by Crippen LogP contribution is 2.33. The summed E-state index contributed by atoms with van der Waals surface area (Å²) in [5.41, 5.74) is 7.20. The highest BCUT2D eigenvalue weighted by molar-refractivity contribution is 8.00. The van der Waals surface area contributed by atoms with E-state index in [2.05, 4.69) is 96.7 Å². The van der Waals surface area contributed by atoms with E-state index in [-0.39, 0.29) is 5.91 Å². The van der Waals surface area contributed by atoms with Gasteiger partial charge in [-0.3, -0.25) is 4.79 Å². The maximum absolute atomic E-state index is 13.7. The Kier molecular flexibility index (Phi) is 13.9. The lowest BCUT2D eigenvalue weighted by Crippen LogP contribution is -2.30. The largest absolute Gasteiger partial charge is 0.491 e. The van der Waals surface area contributed by atoms with Gasteiger partial charge >= 0.3 is 0 Å². The average Bonchev–Trinajstić information content (AvgIpc) is 3.54. The number of unbranched alkanes of at least 4 members (excludes halogenated alkanes) is 1. The highest BCUT2D eigenvalue weighted by Gasteiger charge is 2.20. The molecule has 5 rings (SSSR count). The summed E-state index contributed by atoms with van der Waals surface area (Å²) in [4.78, 5) is 17.3. The van der Waals surface area contributed by atoms with E-state index in [4.69, 9.17) is 9.47 Å². The number of rotatable bonds is 17. The van der Waals surface area contributed by atoms with Gasteiger partial charge in [-0.2, -0.15) is 10.2 Å². The van der Waals surface area contributed by atoms with Crippen LogP contribution in [-0.2, 0) is 9.53 Å². The van der Waals surface area contributed by atoms with E-state index in [1.54, 1.807) is 11.8 Å². The second-order valence-electron chi connectivity index (χ2n) is 13.2. The van der Waals surface area contributed by atoms with Crippen molar-refractivity contribution in [1.82, 2.24) is 0 Å². The molecule has 1 unspecified atom stereocenters. The Bertz CT molecular complexity index is 1600. The van der Waals surface area contributed by atoms with Crippen LogP contribution in [0.3, 0.4) is 0 Å². The van der Waals surface area contributed by atoms with Gasteiger partial charge < -0.3 is 19.7 Å². The van der Waals surface area contributed by atoms with Gasteiger partial charge in [-0.25, -0.2) is 0 Å². The van der Waals surface area contributed by atoms with Gasteiger partial charge in [0.1, 0.15) is 12.4 Å². The molecule has 2 heterocycles. The fourth-order valence-electron chi connectivity index (χ4n) is 6.14. The molecule has 0 fully saturated rings. The second kappa shape index (κ2) is 18.8. The Morgan fingerprint density at radius 2 is 1.78 bits per heavy atom. The van der Waals surface area contributed by atoms with E-state index in [9.17, 15) is 4.79 Å². The smallest absolute Gasteiger partial charge is 0.251 e. The number of amides is 1. The third-order valence-electron chi connectivity index (χ3n) is 8.73. The number of carbonyl (C=O) groups excluding carboxylic acids is 1. The van der Waals surface area contributed by atoms with Gasteiger partial charge in [-0.1, -0.05) is 58.7 Å². The van der Waals surface area contributed by atoms with Gasteiger partial charge in [0.05, 0.1) is 12.3 Å². The molecular formula is C41H52N4O3S. The Hall–Kier alpha value is -3.88. The molecule has 0 aliphatic carbocycles. The van der Waals surface area contributed by atoms with Crippen molar-refractivity contribution in [2.45, 2.75) is 71.1 Å². The average molecular weight is 681 g/mol. The van der Waals surface area contributed by atoms with E-state index < -0.39 is 0 Å². The van der Waals surface area contributed by atoms with Gasteiger partial charge in [0.25, 0.3) is 5.91 Å². The topological polar surface area (TPSA) is 75.5 Å². The lowest BCUT2D eigenvalue weighted by atomic mass is 9.96. The minimum Gasteiger partial charge on any atom is -0.491 e. The van der Waals surface area contributed by atoms with Gasteiger partial charge in [0.15, 0.2) is 0 Å². The second-order valence-corrected chi connectivity index (χ2v) is 14.3. The summed E-state index contributed by atoms with van der Waals surface area (Å²) in [6.07, 6.45) is 10.1. The van der Waals surface area contributed by atoms with Crippen molar-refractivity contribution >= 4 is 47.0 Å². The molecular weight excluding hydrogens is 629 g/mol. The summed E-state index contributed by atoms with van der Waals surface area (Å²) in [5.74, 6) is 2.50. The summed E-state index contributed by atoms with van der Waals surface area (Å²) < 4.78 is 11.5. The van der Waals surface area contributed by atoms with Crippen molar-refractivity contribution in [2.75, 3.05) is 48.9 Å². The molecule has 3 aromatic rings. The summed E-state index contributed by atoms with van der Waals surface area (Å²) in [7, 11) is 0. The van der Waals surface area contributed by atoms with Gasteiger partial charge in [0, 0.05) is 59.4 Å². The van der Waals surface area contributed by atoms with Crippen molar-refractivity contribution in [2.24, 2.45) is 22.0 Å². The van der Waals surface area contributed by atoms with Crippen molar-refractivity contribution in [3.8, 4) is 16.9 Å². The lowest BCUT2D eigenvalue weighted by molar-refractivity contribution is -0.112. The standard InChI is InChI=1S/C41H52N4O3S/c1-5-7-22-47-23-24-48-37-16-11-31(12-17-37)32-13-20-40-35(25-32)26-33(10-8-21-45(40)28-30(3)4)41(46)43-36-14-18-38(19-15-36)49-29-39-34(9-6-2)27-42-44-39/h11-20,25-27,30,34H,5-10,21-24,28-29H2,1-4H3,(H,43,46). The molecule has 0 bridgehead atoms. The zero-order valence-corrected chi connectivity index (χ0v) is 30.4. The molecule has 1 atom stereocenters. The molecule has 1 N–H and O–H groups in total. The first kappa shape index (κ1) is 36.4. The predicted octanol–water partition coefficient (Wildman–Crippen LogP) is 9.78. The van der Waals surface area contributed by atoms with Gasteiger partial charge in [-0.15, -0.1) is 11.8 Å². The molecule has 0 saturated heterocycles. The fourth-order valence-corrected chi connectivity index (χ4v) is 7.05. The number of carbonyl (C=O) groups is 1. The van der Waals surface area contributed by atoms with E-state index in [1.165, 1.54) is 5.69 Å². The normalized spacial score (nSPS) is 15.8. The summed E-state index contributed by atoms with van der Waals surface area (Å²) in [6, 6.07) is 23.0. The minimum atomic E-state index is -0.0471. The third kappa shape index (κ3) is 10.8. The Morgan fingerprint density at radius 1 is 0.980 bits per heavy atom. The molecule has 0 saturated carbocycles. The number of thioether (sulfide) groups is 1. The SMILES string of the molecule is CCCCOCCOc1ccc(-c2ccc3c(c2)C=C(C(=O)Nc2ccc(SCC4=NN=CC4CCC)cc2)CCCN3CC(C)C)cc1. The van der Waals surface area contributed by atoms with Crippen LogP contribution in [0, 0.1) is 11.8 Å². The number of anilines is 2. The van der Waals surface area contributed by atoms with Crippen LogP contribution < -0.4 is 15.0 Å². The zero-order chi connectivity index (χ0) is 34.4. The van der Waals surface area contributed by atoms with Gasteiger partial charge in [0.2, 0.25) is 0 Å². The molecule has 0 radical (unpaired) electrons. The van der Waals surface area contributed by atoms with Crippen LogP contribution >= 0.6 is 11.8 Å². The monoisotopic (exact) mass is 680 g/mol. The number of benzene rings is 3. The van der Waals surface area contributed by atoms with Crippen LogP contribution in [0.4, 0.5) is 11.4 Å². The highest BCUT2D eigenvalue weighted by atomic mass is 32.2. The zero-order valence-electron chi connectivity index (χ0n) is 29.6. The third-order valence-corrected chi connectivity index (χ3v) is 9.78. The van der Waals surface area contributed by atoms with E-state index in [0.29, 0.717) is 25.0 Å². The summed E-state index contributed by atoms with van der Waals surface area (Å²) in [6.45, 7) is 12.7. The molecule has 1 amide bonds. The van der Waals surface area contributed by atoms with Crippen molar-refractivity contribution in [3.05, 3.63) is 77.9 Å². The van der Waals surface area contributed by atoms with Gasteiger partial charge in [-0.05, 0) is 103 Å². The summed E-state index contributed by atoms with van der Waals surface area (Å²) >= 11 is 1.76. The molecule has 0 spiro atoms. The first-order chi connectivity index (χ1) is 23.9. The Morgan fingerprint density at radius 3 is 2.53 bits per heavy atom. The first-order valence-corrected chi connectivity index (χ1v) is 19.0. The molecule has 2 aliphatic heterocycles. The first-order valence-electron chi connectivity index (χ1n) is 18.0. The predicted molar refractivity (Wildman–Crippen MR) is 207 cm³/mol. The quantitative estimate of drug-likeness (QED) is 0.114. The number of nitrogens with zero attached hydrogens (tertiary/aromatic N) is 3. The van der Waals surface area contributed by atoms with E-state index >= 15 is 0 Å². The Balaban J connectivity index is 1.27. The van der Waals surface area contributed by atoms with Crippen LogP contribution in [0.15, 0.2) is 87.4 Å². The van der Waals surface area contributed by atoms with E-state index in [1.807, 2.05) is 30.5 Å². The maximum atomic E-state index is 13.7. The molecule has 0 aromatic heterocycles. The number of fused-ring (bicyclic) bond motifs is 1. The fraction of sp³-hybridized carbons (Fsp3) is 0.439. The summed E-state index contributed by atoms with van der Waals surface area (Å²) in [5, 5.41) is 11.7. The Labute approximate surface area is 297 Å². The molecule has 8 heteroatoms. The van der Waals surface area contributed by atoms with Crippen molar-refractivity contribution in [1.29, 1.82) is 0 Å². The van der Waals surface area contributed by atoms with Crippen LogP contribution in [0.5, 0.6) is 5.75 Å². The number of hydrogen-bond acceptors (Lipinski definition) is 7. The lowest BCUT2D eigenvalue weighted by Gasteiger charge is -2.30. The van der Waals surface area contributed by atoms with Crippen LogP contribution in [0.2, 0.25) is 0 Å². The molecule has 260 valence electrons. The van der Waals surface area contributed by atoms with Crippen molar-refractivity contribution < 1.29 is 14.3 Å². The molecule has 2 aliphatic rings. The number of nitrogens with one attached hydrogen (secondary N) is 1. The molecule has 7 nitrogen and oxygen atoms in total. The minimum absolute atomic E-state index is 0.0471. The molecule has 3 aromatic carbocycles. The van der Waals surface area contributed by atoms with Crippen LogP contribution in [0.25, 0.3) is 17.2 Å². The molecule has 49 heavy (non-hydrogen) atoms. The number of hydrogen-bond donors (Lipinski definition) is 1. The van der Waals surface area contributed by atoms with Crippen LogP contribution in [-0.4, -0.2) is 56.5 Å². The van der Waals surface area contributed by atoms with E-state index in [0.717, 1.165) is 108 Å². The van der Waals surface area contributed by atoms with Crippen LogP contribution in [0.1, 0.15) is 71.8 Å². The van der Waals surface area contributed by atoms with Crippen molar-refractivity contribution in [3.63, 3.8) is 0 Å².